The number of ether oxygens (including phenoxy) is 2. The van der Waals surface area contributed by atoms with Crippen LogP contribution < -0.4 is 14.8 Å². The number of amides is 1. The molecule has 0 fully saturated rings. The van der Waals surface area contributed by atoms with E-state index in [1.807, 2.05) is 0 Å². The Morgan fingerprint density at radius 3 is 2.40 bits per heavy atom. The molecule has 0 aliphatic heterocycles. The number of anilines is 1. The summed E-state index contributed by atoms with van der Waals surface area (Å²) >= 11 is 3.33. The second-order valence-electron chi connectivity index (χ2n) is 3.89. The second kappa shape index (κ2) is 6.38. The molecular formula is C14H13BrN2O3. The Balaban J connectivity index is 2.27. The summed E-state index contributed by atoms with van der Waals surface area (Å²) in [6.45, 7) is 0. The first kappa shape index (κ1) is 14.3. The van der Waals surface area contributed by atoms with Crippen LogP contribution in [0.3, 0.4) is 0 Å². The minimum atomic E-state index is -0.290. The first-order chi connectivity index (χ1) is 9.63. The van der Waals surface area contributed by atoms with Crippen LogP contribution in [0, 0.1) is 0 Å². The monoisotopic (exact) mass is 336 g/mol. The van der Waals surface area contributed by atoms with Gasteiger partial charge in [-0.3, -0.25) is 4.79 Å². The summed E-state index contributed by atoms with van der Waals surface area (Å²) < 4.78 is 11.0. The van der Waals surface area contributed by atoms with Crippen molar-refractivity contribution in [2.45, 2.75) is 0 Å². The van der Waals surface area contributed by atoms with E-state index in [1.165, 1.54) is 14.2 Å². The second-order valence-corrected chi connectivity index (χ2v) is 4.74. The van der Waals surface area contributed by atoms with Crippen molar-refractivity contribution in [2.75, 3.05) is 19.5 Å². The third-order valence-electron chi connectivity index (χ3n) is 2.60. The lowest BCUT2D eigenvalue weighted by Gasteiger charge is -2.09. The minimum Gasteiger partial charge on any atom is -0.497 e. The Labute approximate surface area is 125 Å². The highest BCUT2D eigenvalue weighted by atomic mass is 79.9. The molecule has 6 heteroatoms. The van der Waals surface area contributed by atoms with Crippen LogP contribution in [0.2, 0.25) is 0 Å². The molecule has 1 heterocycles. The largest absolute Gasteiger partial charge is 0.497 e. The number of halogens is 1. The molecule has 0 aliphatic carbocycles. The van der Waals surface area contributed by atoms with Gasteiger partial charge in [-0.25, -0.2) is 4.98 Å². The molecule has 20 heavy (non-hydrogen) atoms. The third kappa shape index (κ3) is 3.27. The van der Waals surface area contributed by atoms with Crippen molar-refractivity contribution in [3.8, 4) is 11.5 Å². The molecule has 0 saturated heterocycles. The van der Waals surface area contributed by atoms with Crippen molar-refractivity contribution in [3.05, 3.63) is 46.6 Å². The van der Waals surface area contributed by atoms with Crippen LogP contribution >= 0.6 is 15.9 Å². The Bertz CT molecular complexity index is 609. The van der Waals surface area contributed by atoms with E-state index in [-0.39, 0.29) is 5.91 Å². The fourth-order valence-corrected chi connectivity index (χ4v) is 1.95. The number of pyridine rings is 1. The van der Waals surface area contributed by atoms with E-state index in [0.29, 0.717) is 27.4 Å². The molecule has 2 aromatic rings. The molecule has 0 spiro atoms. The SMILES string of the molecule is COc1cc(OC)cc(C(=O)Nc2ncccc2Br)c1. The molecule has 1 aromatic heterocycles. The Kier molecular flexibility index (Phi) is 4.57. The number of aromatic nitrogens is 1. The summed E-state index contributed by atoms with van der Waals surface area (Å²) in [5.74, 6) is 1.27. The Morgan fingerprint density at radius 1 is 1.20 bits per heavy atom. The first-order valence-electron chi connectivity index (χ1n) is 5.79. The highest BCUT2D eigenvalue weighted by Crippen LogP contribution is 2.24. The predicted octanol–water partition coefficient (Wildman–Crippen LogP) is 3.11. The summed E-state index contributed by atoms with van der Waals surface area (Å²) in [5, 5.41) is 2.72. The lowest BCUT2D eigenvalue weighted by molar-refractivity contribution is 0.102. The zero-order chi connectivity index (χ0) is 14.5. The summed E-state index contributed by atoms with van der Waals surface area (Å²) in [6.07, 6.45) is 1.60. The normalized spacial score (nSPS) is 9.95. The summed E-state index contributed by atoms with van der Waals surface area (Å²) in [5.41, 5.74) is 0.429. The maximum atomic E-state index is 12.2. The molecule has 0 aliphatic rings. The van der Waals surface area contributed by atoms with E-state index >= 15 is 0 Å². The van der Waals surface area contributed by atoms with E-state index in [0.717, 1.165) is 0 Å². The predicted molar refractivity (Wildman–Crippen MR) is 79.4 cm³/mol. The van der Waals surface area contributed by atoms with Crippen LogP contribution in [-0.4, -0.2) is 25.1 Å². The van der Waals surface area contributed by atoms with Gasteiger partial charge in [0.15, 0.2) is 0 Å². The molecule has 0 atom stereocenters. The molecule has 1 amide bonds. The van der Waals surface area contributed by atoms with Gasteiger partial charge in [-0.2, -0.15) is 0 Å². The van der Waals surface area contributed by atoms with Gasteiger partial charge >= 0.3 is 0 Å². The van der Waals surface area contributed by atoms with E-state index in [4.69, 9.17) is 9.47 Å². The van der Waals surface area contributed by atoms with Gasteiger partial charge in [-0.1, -0.05) is 0 Å². The molecule has 0 unspecified atom stereocenters. The van der Waals surface area contributed by atoms with Crippen LogP contribution in [0.1, 0.15) is 10.4 Å². The average molecular weight is 337 g/mol. The maximum absolute atomic E-state index is 12.2. The van der Waals surface area contributed by atoms with Gasteiger partial charge in [-0.05, 0) is 40.2 Å². The third-order valence-corrected chi connectivity index (χ3v) is 3.24. The molecule has 2 rings (SSSR count). The van der Waals surface area contributed by atoms with Crippen LogP contribution in [0.15, 0.2) is 41.0 Å². The van der Waals surface area contributed by atoms with Gasteiger partial charge in [0.05, 0.1) is 18.7 Å². The minimum absolute atomic E-state index is 0.290. The van der Waals surface area contributed by atoms with Gasteiger partial charge in [0.2, 0.25) is 0 Å². The molecule has 0 saturated carbocycles. The number of rotatable bonds is 4. The topological polar surface area (TPSA) is 60.5 Å². The summed E-state index contributed by atoms with van der Waals surface area (Å²) in [6, 6.07) is 8.54. The van der Waals surface area contributed by atoms with Crippen molar-refractivity contribution >= 4 is 27.7 Å². The molecule has 1 aromatic carbocycles. The number of hydrogen-bond donors (Lipinski definition) is 1. The number of carbonyl (C=O) groups is 1. The van der Waals surface area contributed by atoms with E-state index in [9.17, 15) is 4.79 Å². The number of benzene rings is 1. The maximum Gasteiger partial charge on any atom is 0.257 e. The number of nitrogens with one attached hydrogen (secondary N) is 1. The van der Waals surface area contributed by atoms with Gasteiger partial charge in [0, 0.05) is 17.8 Å². The lowest BCUT2D eigenvalue weighted by atomic mass is 10.2. The Morgan fingerprint density at radius 2 is 1.85 bits per heavy atom. The zero-order valence-electron chi connectivity index (χ0n) is 11.0. The van der Waals surface area contributed by atoms with E-state index < -0.39 is 0 Å². The smallest absolute Gasteiger partial charge is 0.257 e. The highest BCUT2D eigenvalue weighted by Gasteiger charge is 2.12. The van der Waals surface area contributed by atoms with Crippen molar-refractivity contribution in [1.82, 2.24) is 4.98 Å². The number of methoxy groups -OCH3 is 2. The van der Waals surface area contributed by atoms with Gasteiger partial charge < -0.3 is 14.8 Å². The Hall–Kier alpha value is -2.08. The van der Waals surface area contributed by atoms with Crippen molar-refractivity contribution < 1.29 is 14.3 Å². The van der Waals surface area contributed by atoms with Crippen LogP contribution in [0.4, 0.5) is 5.82 Å². The fourth-order valence-electron chi connectivity index (χ4n) is 1.60. The van der Waals surface area contributed by atoms with Crippen LogP contribution in [-0.2, 0) is 0 Å². The number of hydrogen-bond acceptors (Lipinski definition) is 4. The molecular weight excluding hydrogens is 324 g/mol. The van der Waals surface area contributed by atoms with E-state index in [2.05, 4.69) is 26.2 Å². The van der Waals surface area contributed by atoms with Gasteiger partial charge in [-0.15, -0.1) is 0 Å². The van der Waals surface area contributed by atoms with Crippen LogP contribution in [0.25, 0.3) is 0 Å². The van der Waals surface area contributed by atoms with Crippen LogP contribution in [0.5, 0.6) is 11.5 Å². The molecule has 0 bridgehead atoms. The number of carbonyl (C=O) groups excluding carboxylic acids is 1. The number of nitrogens with zero attached hydrogens (tertiary/aromatic N) is 1. The van der Waals surface area contributed by atoms with Crippen molar-refractivity contribution in [2.24, 2.45) is 0 Å². The first-order valence-corrected chi connectivity index (χ1v) is 6.58. The van der Waals surface area contributed by atoms with Gasteiger partial charge in [0.25, 0.3) is 5.91 Å². The fraction of sp³-hybridized carbons (Fsp3) is 0.143. The highest BCUT2D eigenvalue weighted by molar-refractivity contribution is 9.10. The molecule has 1 N–H and O–H groups in total. The summed E-state index contributed by atoms with van der Waals surface area (Å²) in [4.78, 5) is 16.3. The molecule has 0 radical (unpaired) electrons. The van der Waals surface area contributed by atoms with Crippen molar-refractivity contribution in [3.63, 3.8) is 0 Å². The zero-order valence-corrected chi connectivity index (χ0v) is 12.6. The molecule has 104 valence electrons. The van der Waals surface area contributed by atoms with Gasteiger partial charge in [0.1, 0.15) is 17.3 Å². The summed E-state index contributed by atoms with van der Waals surface area (Å²) in [7, 11) is 3.07. The molecule has 5 nitrogen and oxygen atoms in total. The van der Waals surface area contributed by atoms with Crippen molar-refractivity contribution in [1.29, 1.82) is 0 Å². The van der Waals surface area contributed by atoms with E-state index in [1.54, 1.807) is 36.5 Å². The standard InChI is InChI=1S/C14H13BrN2O3/c1-19-10-6-9(7-11(8-10)20-2)14(18)17-13-12(15)4-3-5-16-13/h3-8H,1-2H3,(H,16,17,18). The lowest BCUT2D eigenvalue weighted by Crippen LogP contribution is -2.13. The average Bonchev–Trinajstić information content (AvgIpc) is 2.48. The quantitative estimate of drug-likeness (QED) is 0.931.